The van der Waals surface area contributed by atoms with E-state index < -0.39 is 20.6 Å². The fourth-order valence-corrected chi connectivity index (χ4v) is 3.11. The number of hydrazone groups is 1. The molecule has 2 rings (SSSR count). The Morgan fingerprint density at radius 3 is 2.57 bits per heavy atom. The van der Waals surface area contributed by atoms with Crippen LogP contribution in [0.3, 0.4) is 0 Å². The van der Waals surface area contributed by atoms with Crippen molar-refractivity contribution in [3.05, 3.63) is 50.2 Å². The predicted molar refractivity (Wildman–Crippen MR) is 89.4 cm³/mol. The summed E-state index contributed by atoms with van der Waals surface area (Å²) in [7, 11) is -4.01. The number of anilines is 1. The molecule has 8 nitrogen and oxygen atoms in total. The highest BCUT2D eigenvalue weighted by atomic mass is 32.2. The summed E-state index contributed by atoms with van der Waals surface area (Å²) < 4.78 is 22.6. The Hall–Kier alpha value is -2.30. The average molecular weight is 354 g/mol. The molecule has 122 valence electrons. The van der Waals surface area contributed by atoms with Gasteiger partial charge in [-0.2, -0.15) is 5.10 Å². The van der Waals surface area contributed by atoms with Gasteiger partial charge in [-0.25, -0.2) is 13.6 Å². The van der Waals surface area contributed by atoms with Crippen molar-refractivity contribution in [2.75, 3.05) is 5.43 Å². The Morgan fingerprint density at radius 1 is 1.35 bits per heavy atom. The zero-order chi connectivity index (χ0) is 17.2. The van der Waals surface area contributed by atoms with Gasteiger partial charge in [-0.15, -0.1) is 11.3 Å². The maximum atomic E-state index is 11.3. The fourth-order valence-electron chi connectivity index (χ4n) is 1.76. The lowest BCUT2D eigenvalue weighted by molar-refractivity contribution is -0.384. The molecule has 0 atom stereocenters. The summed E-state index contributed by atoms with van der Waals surface area (Å²) in [6, 6.07) is 7.19. The van der Waals surface area contributed by atoms with E-state index in [0.717, 1.165) is 15.8 Å². The first-order valence-electron chi connectivity index (χ1n) is 6.37. The lowest BCUT2D eigenvalue weighted by Crippen LogP contribution is -2.12. The van der Waals surface area contributed by atoms with Crippen LogP contribution in [0.5, 0.6) is 0 Å². The molecule has 0 aliphatic rings. The molecule has 1 aromatic heterocycles. The maximum Gasteiger partial charge on any atom is 0.295 e. The molecule has 2 aromatic rings. The number of nitrogens with zero attached hydrogens (tertiary/aromatic N) is 2. The molecule has 10 heteroatoms. The minimum Gasteiger partial charge on any atom is -0.271 e. The third-order valence-electron chi connectivity index (χ3n) is 2.94. The average Bonchev–Trinajstić information content (AvgIpc) is 2.90. The molecule has 0 saturated carbocycles. The van der Waals surface area contributed by atoms with Gasteiger partial charge in [-0.3, -0.25) is 15.5 Å². The van der Waals surface area contributed by atoms with E-state index in [1.54, 1.807) is 18.3 Å². The molecule has 0 spiro atoms. The van der Waals surface area contributed by atoms with Crippen LogP contribution in [0.2, 0.25) is 0 Å². The molecule has 0 bridgehead atoms. The van der Waals surface area contributed by atoms with E-state index in [2.05, 4.69) is 10.5 Å². The highest BCUT2D eigenvalue weighted by molar-refractivity contribution is 7.89. The third kappa shape index (κ3) is 4.12. The van der Waals surface area contributed by atoms with Crippen molar-refractivity contribution in [1.82, 2.24) is 0 Å². The highest BCUT2D eigenvalue weighted by Gasteiger charge is 2.19. The molecule has 3 N–H and O–H groups in total. The summed E-state index contributed by atoms with van der Waals surface area (Å²) in [5, 5.41) is 20.2. The van der Waals surface area contributed by atoms with Gasteiger partial charge in [0.25, 0.3) is 5.69 Å². The smallest absolute Gasteiger partial charge is 0.271 e. The summed E-state index contributed by atoms with van der Waals surface area (Å²) in [5.41, 5.74) is 2.92. The molecular weight excluding hydrogens is 340 g/mol. The van der Waals surface area contributed by atoms with E-state index in [-0.39, 0.29) is 10.6 Å². The number of nitrogens with two attached hydrogens (primary N) is 1. The minimum atomic E-state index is -4.01. The van der Waals surface area contributed by atoms with Crippen molar-refractivity contribution >= 4 is 38.4 Å². The molecule has 0 aliphatic carbocycles. The number of rotatable bonds is 5. The highest BCUT2D eigenvalue weighted by Crippen LogP contribution is 2.27. The van der Waals surface area contributed by atoms with Gasteiger partial charge in [0.15, 0.2) is 0 Å². The van der Waals surface area contributed by atoms with Gasteiger partial charge in [0.05, 0.1) is 20.4 Å². The maximum absolute atomic E-state index is 11.3. The Morgan fingerprint density at radius 2 is 2.04 bits per heavy atom. The summed E-state index contributed by atoms with van der Waals surface area (Å²) in [6.45, 7) is 3.73. The van der Waals surface area contributed by atoms with Crippen LogP contribution in [0.1, 0.15) is 16.7 Å². The molecule has 0 radical (unpaired) electrons. The van der Waals surface area contributed by atoms with Crippen molar-refractivity contribution in [2.45, 2.75) is 18.7 Å². The summed E-state index contributed by atoms with van der Waals surface area (Å²) in [5.74, 6) is 0. The van der Waals surface area contributed by atoms with E-state index in [1.165, 1.54) is 12.1 Å². The molecule has 0 saturated heterocycles. The first kappa shape index (κ1) is 17.1. The van der Waals surface area contributed by atoms with Crippen molar-refractivity contribution in [3.63, 3.8) is 0 Å². The normalized spacial score (nSPS) is 12.2. The largest absolute Gasteiger partial charge is 0.295 e. The Kier molecular flexibility index (Phi) is 4.78. The lowest BCUT2D eigenvalue weighted by atomic mass is 10.3. The zero-order valence-corrected chi connectivity index (χ0v) is 13.9. The number of benzene rings is 1. The van der Waals surface area contributed by atoms with E-state index in [4.69, 9.17) is 5.14 Å². The van der Waals surface area contributed by atoms with E-state index in [1.807, 2.05) is 19.1 Å². The number of nitrogens with one attached hydrogen (secondary N) is 1. The van der Waals surface area contributed by atoms with Crippen LogP contribution in [0, 0.1) is 17.0 Å². The number of sulfonamides is 1. The van der Waals surface area contributed by atoms with Crippen LogP contribution in [-0.4, -0.2) is 19.1 Å². The molecule has 0 aliphatic heterocycles. The molecule has 0 fully saturated rings. The number of nitro benzene ring substituents is 1. The van der Waals surface area contributed by atoms with Crippen molar-refractivity contribution < 1.29 is 13.3 Å². The van der Waals surface area contributed by atoms with Crippen LogP contribution in [0.4, 0.5) is 11.4 Å². The predicted octanol–water partition coefficient (Wildman–Crippen LogP) is 2.45. The molecular formula is C13H14N4O4S2. The van der Waals surface area contributed by atoms with E-state index >= 15 is 0 Å². The van der Waals surface area contributed by atoms with Crippen LogP contribution in [0.25, 0.3) is 0 Å². The van der Waals surface area contributed by atoms with Gasteiger partial charge in [-0.05, 0) is 38.1 Å². The second kappa shape index (κ2) is 6.44. The number of hydrogen-bond acceptors (Lipinski definition) is 7. The Balaban J connectivity index is 2.34. The molecule has 0 amide bonds. The van der Waals surface area contributed by atoms with Crippen molar-refractivity contribution in [2.24, 2.45) is 10.2 Å². The molecule has 1 aromatic carbocycles. The monoisotopic (exact) mass is 354 g/mol. The first-order valence-corrected chi connectivity index (χ1v) is 8.73. The second-order valence-electron chi connectivity index (χ2n) is 4.70. The van der Waals surface area contributed by atoms with Gasteiger partial charge in [0.2, 0.25) is 10.0 Å². The third-order valence-corrected chi connectivity index (χ3v) is 4.96. The van der Waals surface area contributed by atoms with Gasteiger partial charge in [-0.1, -0.05) is 0 Å². The van der Waals surface area contributed by atoms with Gasteiger partial charge in [0.1, 0.15) is 5.69 Å². The topological polar surface area (TPSA) is 128 Å². The number of aryl methyl sites for hydroxylation is 1. The SMILES string of the molecule is C/C(=N/Nc1ccc(S(N)(=O)=O)cc1[N+](=O)[O-])c1ccc(C)s1. The standard InChI is InChI=1S/C13H14N4O4S2/c1-8-3-6-13(22-8)9(2)15-16-11-5-4-10(23(14,20)21)7-12(11)17(18)19/h3-7,16H,1-2H3,(H2,14,20,21)/b15-9-. The number of primary sulfonamides is 1. The first-order chi connectivity index (χ1) is 10.7. The van der Waals surface area contributed by atoms with Crippen LogP contribution >= 0.6 is 11.3 Å². The molecule has 23 heavy (non-hydrogen) atoms. The quantitative estimate of drug-likeness (QED) is 0.484. The van der Waals surface area contributed by atoms with Gasteiger partial charge >= 0.3 is 0 Å². The summed E-state index contributed by atoms with van der Waals surface area (Å²) >= 11 is 1.55. The van der Waals surface area contributed by atoms with Crippen molar-refractivity contribution in [3.8, 4) is 0 Å². The number of nitro groups is 1. The van der Waals surface area contributed by atoms with Crippen LogP contribution < -0.4 is 10.6 Å². The minimum absolute atomic E-state index is 0.0787. The summed E-state index contributed by atoms with van der Waals surface area (Å²) in [6.07, 6.45) is 0. The van der Waals surface area contributed by atoms with Gasteiger partial charge < -0.3 is 0 Å². The zero-order valence-electron chi connectivity index (χ0n) is 12.3. The van der Waals surface area contributed by atoms with E-state index in [0.29, 0.717) is 5.71 Å². The Labute approximate surface area is 136 Å². The van der Waals surface area contributed by atoms with Crippen LogP contribution in [0.15, 0.2) is 40.3 Å². The second-order valence-corrected chi connectivity index (χ2v) is 7.55. The van der Waals surface area contributed by atoms with Crippen LogP contribution in [-0.2, 0) is 10.0 Å². The van der Waals surface area contributed by atoms with Crippen molar-refractivity contribution in [1.29, 1.82) is 0 Å². The molecule has 0 unspecified atom stereocenters. The fraction of sp³-hybridized carbons (Fsp3) is 0.154. The molecule has 1 heterocycles. The van der Waals surface area contributed by atoms with E-state index in [9.17, 15) is 18.5 Å². The summed E-state index contributed by atoms with van der Waals surface area (Å²) in [4.78, 5) is 12.1. The lowest BCUT2D eigenvalue weighted by Gasteiger charge is -2.05. The number of thiophene rings is 1. The number of hydrogen-bond donors (Lipinski definition) is 2. The Bertz CT molecular complexity index is 887. The van der Waals surface area contributed by atoms with Gasteiger partial charge in [0, 0.05) is 10.9 Å².